The summed E-state index contributed by atoms with van der Waals surface area (Å²) < 4.78 is 9.87. The maximum absolute atomic E-state index is 11.7. The van der Waals surface area contributed by atoms with Crippen molar-refractivity contribution in [1.82, 2.24) is 5.32 Å². The van der Waals surface area contributed by atoms with Crippen molar-refractivity contribution in [1.29, 1.82) is 0 Å². The van der Waals surface area contributed by atoms with Gasteiger partial charge in [-0.25, -0.2) is 4.79 Å². The summed E-state index contributed by atoms with van der Waals surface area (Å²) in [6.45, 7) is 2.43. The lowest BCUT2D eigenvalue weighted by Gasteiger charge is -2.16. The van der Waals surface area contributed by atoms with E-state index in [-0.39, 0.29) is 19.4 Å². The van der Waals surface area contributed by atoms with Crippen LogP contribution in [0.25, 0.3) is 0 Å². The molecule has 0 unspecified atom stereocenters. The van der Waals surface area contributed by atoms with Crippen molar-refractivity contribution in [2.75, 3.05) is 13.2 Å². The maximum atomic E-state index is 11.7. The minimum Gasteiger partial charge on any atom is -0.480 e. The van der Waals surface area contributed by atoms with E-state index >= 15 is 0 Å². The molecule has 0 aromatic carbocycles. The quantitative estimate of drug-likeness (QED) is 0.637. The largest absolute Gasteiger partial charge is 0.480 e. The molecule has 19 heavy (non-hydrogen) atoms. The minimum absolute atomic E-state index is 0.00657. The van der Waals surface area contributed by atoms with Crippen LogP contribution in [-0.4, -0.2) is 48.3 Å². The molecule has 0 bridgehead atoms. The first kappa shape index (κ1) is 15.4. The summed E-state index contributed by atoms with van der Waals surface area (Å²) in [5, 5.41) is 11.4. The Morgan fingerprint density at radius 3 is 2.74 bits per heavy atom. The number of ether oxygens (including phenoxy) is 2. The van der Waals surface area contributed by atoms with E-state index in [1.807, 2.05) is 0 Å². The van der Waals surface area contributed by atoms with Crippen molar-refractivity contribution in [2.45, 2.75) is 44.8 Å². The van der Waals surface area contributed by atoms with Gasteiger partial charge in [0.05, 0.1) is 6.61 Å². The molecule has 0 radical (unpaired) electrons. The molecule has 2 N–H and O–H groups in total. The molecule has 7 heteroatoms. The summed E-state index contributed by atoms with van der Waals surface area (Å²) >= 11 is 0. The van der Waals surface area contributed by atoms with Gasteiger partial charge in [0.1, 0.15) is 12.1 Å². The minimum atomic E-state index is -1.17. The molecule has 2 atom stereocenters. The van der Waals surface area contributed by atoms with Gasteiger partial charge in [-0.1, -0.05) is 0 Å². The van der Waals surface area contributed by atoms with Gasteiger partial charge in [-0.15, -0.1) is 0 Å². The van der Waals surface area contributed by atoms with Crippen LogP contribution in [0.4, 0.5) is 0 Å². The van der Waals surface area contributed by atoms with E-state index in [9.17, 15) is 14.4 Å². The number of carbonyl (C=O) groups is 3. The predicted octanol–water partition coefficient (Wildman–Crippen LogP) is 0.0781. The van der Waals surface area contributed by atoms with Crippen LogP contribution in [0, 0.1) is 0 Å². The van der Waals surface area contributed by atoms with Gasteiger partial charge < -0.3 is 19.9 Å². The zero-order valence-electron chi connectivity index (χ0n) is 10.9. The van der Waals surface area contributed by atoms with Crippen molar-refractivity contribution in [2.24, 2.45) is 0 Å². The highest BCUT2D eigenvalue weighted by molar-refractivity contribution is 5.86. The number of hydrogen-bond acceptors (Lipinski definition) is 5. The van der Waals surface area contributed by atoms with E-state index in [0.717, 1.165) is 6.42 Å². The van der Waals surface area contributed by atoms with Crippen LogP contribution in [-0.2, 0) is 23.9 Å². The smallest absolute Gasteiger partial charge is 0.326 e. The van der Waals surface area contributed by atoms with Crippen molar-refractivity contribution < 1.29 is 29.0 Å². The summed E-state index contributed by atoms with van der Waals surface area (Å²) in [6.07, 6.45) is 0.766. The molecule has 0 aromatic rings. The molecule has 0 spiro atoms. The van der Waals surface area contributed by atoms with Crippen molar-refractivity contribution in [3.05, 3.63) is 0 Å². The Kier molecular flexibility index (Phi) is 6.27. The standard InChI is InChI=1S/C12H19NO6/c1-2-18-10(14)6-5-8(12(16)17)13-11(15)9-4-3-7-19-9/h8-9H,2-7H2,1H3,(H,13,15)(H,16,17)/t8-,9+/m0/s1. The zero-order valence-corrected chi connectivity index (χ0v) is 10.9. The van der Waals surface area contributed by atoms with Gasteiger partial charge >= 0.3 is 11.9 Å². The first-order valence-electron chi connectivity index (χ1n) is 6.35. The molecule has 1 rings (SSSR count). The zero-order chi connectivity index (χ0) is 14.3. The summed E-state index contributed by atoms with van der Waals surface area (Å²) in [5.74, 6) is -2.08. The number of rotatable bonds is 7. The molecular weight excluding hydrogens is 254 g/mol. The first-order chi connectivity index (χ1) is 9.04. The van der Waals surface area contributed by atoms with E-state index in [4.69, 9.17) is 14.6 Å². The van der Waals surface area contributed by atoms with Crippen molar-refractivity contribution in [3.8, 4) is 0 Å². The lowest BCUT2D eigenvalue weighted by molar-refractivity contribution is -0.146. The number of hydrogen-bond donors (Lipinski definition) is 2. The third-order valence-electron chi connectivity index (χ3n) is 2.78. The summed E-state index contributed by atoms with van der Waals surface area (Å²) in [6, 6.07) is -1.10. The Balaban J connectivity index is 2.41. The molecular formula is C12H19NO6. The van der Waals surface area contributed by atoms with E-state index in [0.29, 0.717) is 13.0 Å². The van der Waals surface area contributed by atoms with Crippen LogP contribution in [0.2, 0.25) is 0 Å². The molecule has 0 saturated carbocycles. The lowest BCUT2D eigenvalue weighted by atomic mass is 10.1. The van der Waals surface area contributed by atoms with Gasteiger partial charge in [-0.3, -0.25) is 9.59 Å². The molecule has 1 aliphatic heterocycles. The Morgan fingerprint density at radius 1 is 1.47 bits per heavy atom. The average Bonchev–Trinajstić information content (AvgIpc) is 2.88. The Hall–Kier alpha value is -1.63. The van der Waals surface area contributed by atoms with Crippen molar-refractivity contribution in [3.63, 3.8) is 0 Å². The number of carbonyl (C=O) groups excluding carboxylic acids is 2. The van der Waals surface area contributed by atoms with E-state index in [1.54, 1.807) is 6.92 Å². The SMILES string of the molecule is CCOC(=O)CC[C@H](NC(=O)[C@H]1CCCO1)C(=O)O. The number of carboxylic acids is 1. The van der Waals surface area contributed by atoms with Gasteiger partial charge in [0.15, 0.2) is 0 Å². The predicted molar refractivity (Wildman–Crippen MR) is 64.4 cm³/mol. The average molecular weight is 273 g/mol. The molecule has 0 aliphatic carbocycles. The number of carboxylic acid groups (broad SMARTS) is 1. The highest BCUT2D eigenvalue weighted by Gasteiger charge is 2.28. The van der Waals surface area contributed by atoms with Gasteiger partial charge in [-0.05, 0) is 26.2 Å². The number of amides is 1. The molecule has 1 aliphatic rings. The fraction of sp³-hybridized carbons (Fsp3) is 0.750. The number of nitrogens with one attached hydrogen (secondary N) is 1. The summed E-state index contributed by atoms with van der Waals surface area (Å²) in [7, 11) is 0. The molecule has 1 amide bonds. The molecule has 1 saturated heterocycles. The van der Waals surface area contributed by atoms with Crippen LogP contribution >= 0.6 is 0 Å². The highest BCUT2D eigenvalue weighted by atomic mass is 16.5. The lowest BCUT2D eigenvalue weighted by Crippen LogP contribution is -2.45. The second kappa shape index (κ2) is 7.73. The van der Waals surface area contributed by atoms with E-state index in [1.165, 1.54) is 0 Å². The van der Waals surface area contributed by atoms with Gasteiger partial charge in [-0.2, -0.15) is 0 Å². The Bertz CT molecular complexity index is 337. The van der Waals surface area contributed by atoms with Crippen LogP contribution in [0.15, 0.2) is 0 Å². The third-order valence-corrected chi connectivity index (χ3v) is 2.78. The fourth-order valence-electron chi connectivity index (χ4n) is 1.80. The van der Waals surface area contributed by atoms with E-state index < -0.39 is 30.0 Å². The Labute approximate surface area is 111 Å². The van der Waals surface area contributed by atoms with Gasteiger partial charge in [0, 0.05) is 13.0 Å². The highest BCUT2D eigenvalue weighted by Crippen LogP contribution is 2.12. The van der Waals surface area contributed by atoms with Crippen LogP contribution in [0.5, 0.6) is 0 Å². The second-order valence-corrected chi connectivity index (χ2v) is 4.24. The molecule has 1 fully saturated rings. The van der Waals surface area contributed by atoms with Gasteiger partial charge in [0.25, 0.3) is 0 Å². The fourth-order valence-corrected chi connectivity index (χ4v) is 1.80. The molecule has 108 valence electrons. The maximum Gasteiger partial charge on any atom is 0.326 e. The van der Waals surface area contributed by atoms with Gasteiger partial charge in [0.2, 0.25) is 5.91 Å². The molecule has 1 heterocycles. The van der Waals surface area contributed by atoms with Crippen LogP contribution < -0.4 is 5.32 Å². The van der Waals surface area contributed by atoms with E-state index in [2.05, 4.69) is 5.32 Å². The summed E-state index contributed by atoms with van der Waals surface area (Å²) in [4.78, 5) is 33.9. The first-order valence-corrected chi connectivity index (χ1v) is 6.35. The molecule has 7 nitrogen and oxygen atoms in total. The van der Waals surface area contributed by atoms with Crippen LogP contribution in [0.1, 0.15) is 32.6 Å². The summed E-state index contributed by atoms with van der Waals surface area (Å²) in [5.41, 5.74) is 0. The van der Waals surface area contributed by atoms with Crippen LogP contribution in [0.3, 0.4) is 0 Å². The second-order valence-electron chi connectivity index (χ2n) is 4.24. The number of aliphatic carboxylic acids is 1. The number of esters is 1. The molecule has 0 aromatic heterocycles. The topological polar surface area (TPSA) is 102 Å². The van der Waals surface area contributed by atoms with Crippen molar-refractivity contribution >= 4 is 17.8 Å². The monoisotopic (exact) mass is 273 g/mol. The normalized spacial score (nSPS) is 19.7. The third kappa shape index (κ3) is 5.25. The Morgan fingerprint density at radius 2 is 2.21 bits per heavy atom.